The number of nitrogens with one attached hydrogen (secondary N) is 2. The van der Waals surface area contributed by atoms with Gasteiger partial charge in [-0.05, 0) is 30.3 Å². The molecule has 1 unspecified atom stereocenters. The summed E-state index contributed by atoms with van der Waals surface area (Å²) < 4.78 is 110. The van der Waals surface area contributed by atoms with Gasteiger partial charge in [-0.2, -0.15) is 13.2 Å². The number of benzene rings is 1. The predicted octanol–water partition coefficient (Wildman–Crippen LogP) is 3.61. The monoisotopic (exact) mass is 647 g/mol. The van der Waals surface area contributed by atoms with Gasteiger partial charge in [-0.15, -0.1) is 23.4 Å². The van der Waals surface area contributed by atoms with E-state index >= 15 is 0 Å². The van der Waals surface area contributed by atoms with E-state index in [1.165, 1.54) is 12.3 Å². The van der Waals surface area contributed by atoms with Crippen LogP contribution in [0.2, 0.25) is 0 Å². The number of amides is 2. The number of aromatic nitrogens is 7. The summed E-state index contributed by atoms with van der Waals surface area (Å²) in [5.41, 5.74) is -1.86. The van der Waals surface area contributed by atoms with Gasteiger partial charge in [0.05, 0.1) is 31.2 Å². The molecule has 0 spiro atoms. The van der Waals surface area contributed by atoms with Gasteiger partial charge in [0.25, 0.3) is 11.8 Å². The van der Waals surface area contributed by atoms with Crippen LogP contribution in [-0.4, -0.2) is 59.3 Å². The van der Waals surface area contributed by atoms with Crippen LogP contribution in [0.15, 0.2) is 48.8 Å². The van der Waals surface area contributed by atoms with Gasteiger partial charge in [0.1, 0.15) is 23.4 Å². The van der Waals surface area contributed by atoms with Gasteiger partial charge in [-0.3, -0.25) is 14.3 Å². The molecule has 3 aromatic heterocycles. The van der Waals surface area contributed by atoms with Gasteiger partial charge in [0.15, 0.2) is 11.4 Å². The van der Waals surface area contributed by atoms with Crippen LogP contribution in [0.4, 0.5) is 35.1 Å². The average molecular weight is 647 g/mol. The summed E-state index contributed by atoms with van der Waals surface area (Å²) in [6.07, 6.45) is -8.96. The zero-order valence-electron chi connectivity index (χ0n) is 22.6. The fourth-order valence-electron chi connectivity index (χ4n) is 3.72. The van der Waals surface area contributed by atoms with Gasteiger partial charge in [0, 0.05) is 25.1 Å². The lowest BCUT2D eigenvalue weighted by molar-refractivity contribution is -0.274. The Morgan fingerprint density at radius 2 is 1.53 bits per heavy atom. The summed E-state index contributed by atoms with van der Waals surface area (Å²) in [7, 11) is 0. The Morgan fingerprint density at radius 3 is 2.20 bits per heavy atom. The van der Waals surface area contributed by atoms with E-state index < -0.39 is 54.3 Å². The quantitative estimate of drug-likeness (QED) is 0.222. The molecular formula is C25H21F8N9O3. The number of rotatable bonds is 12. The molecule has 4 rings (SSSR count). The molecule has 0 aliphatic carbocycles. The molecule has 4 aromatic rings. The number of carbonyl (C=O) groups excluding carboxylic acids is 2. The normalized spacial score (nSPS) is 12.5. The SMILES string of the molecule is O=C(NCc1cc(OC(F)(F)F)ccc1F)c1cn(CCC(F)Cn2cc(C(=O)NCc3cccc(C(F)(F)F)n3)nn2)nn1. The third kappa shape index (κ3) is 9.66. The number of hydrogen-bond acceptors (Lipinski definition) is 8. The van der Waals surface area contributed by atoms with E-state index in [1.807, 2.05) is 0 Å². The molecule has 1 atom stereocenters. The minimum absolute atomic E-state index is 0.0400. The molecule has 12 nitrogen and oxygen atoms in total. The summed E-state index contributed by atoms with van der Waals surface area (Å²) in [6.45, 7) is -1.17. The number of carbonyl (C=O) groups is 2. The number of pyridine rings is 1. The third-order valence-electron chi connectivity index (χ3n) is 5.82. The Balaban J connectivity index is 1.22. The van der Waals surface area contributed by atoms with Crippen molar-refractivity contribution >= 4 is 11.8 Å². The molecule has 2 amide bonds. The zero-order valence-corrected chi connectivity index (χ0v) is 22.6. The minimum atomic E-state index is -4.98. The fraction of sp³-hybridized carbons (Fsp3) is 0.320. The van der Waals surface area contributed by atoms with E-state index in [1.54, 1.807) is 0 Å². The van der Waals surface area contributed by atoms with Crippen molar-refractivity contribution in [2.45, 2.75) is 51.3 Å². The first-order valence-corrected chi connectivity index (χ1v) is 12.7. The number of alkyl halides is 7. The number of halogens is 8. The first kappa shape index (κ1) is 32.7. The second kappa shape index (κ2) is 13.6. The van der Waals surface area contributed by atoms with Crippen LogP contribution in [0.5, 0.6) is 5.75 Å². The summed E-state index contributed by atoms with van der Waals surface area (Å²) in [4.78, 5) is 28.1. The third-order valence-corrected chi connectivity index (χ3v) is 5.82. The van der Waals surface area contributed by atoms with Crippen molar-refractivity contribution in [1.82, 2.24) is 45.6 Å². The van der Waals surface area contributed by atoms with Crippen molar-refractivity contribution in [2.75, 3.05) is 0 Å². The topological polar surface area (TPSA) is 142 Å². The van der Waals surface area contributed by atoms with E-state index in [0.717, 1.165) is 45.9 Å². The van der Waals surface area contributed by atoms with Crippen molar-refractivity contribution in [3.63, 3.8) is 0 Å². The zero-order chi connectivity index (χ0) is 32.8. The molecule has 0 saturated heterocycles. The van der Waals surface area contributed by atoms with Crippen molar-refractivity contribution < 1.29 is 49.4 Å². The Morgan fingerprint density at radius 1 is 0.889 bits per heavy atom. The number of nitrogens with zero attached hydrogens (tertiary/aromatic N) is 7. The molecule has 0 saturated carbocycles. The maximum atomic E-state index is 14.6. The highest BCUT2D eigenvalue weighted by molar-refractivity contribution is 5.92. The molecular weight excluding hydrogens is 626 g/mol. The summed E-state index contributed by atoms with van der Waals surface area (Å²) in [6, 6.07) is 5.55. The number of aryl methyl sites for hydroxylation is 1. The summed E-state index contributed by atoms with van der Waals surface area (Å²) >= 11 is 0. The van der Waals surface area contributed by atoms with Gasteiger partial charge >= 0.3 is 12.5 Å². The largest absolute Gasteiger partial charge is 0.573 e. The first-order chi connectivity index (χ1) is 21.2. The molecule has 240 valence electrons. The minimum Gasteiger partial charge on any atom is -0.406 e. The molecule has 3 heterocycles. The van der Waals surface area contributed by atoms with Crippen LogP contribution in [0.1, 0.15) is 44.3 Å². The van der Waals surface area contributed by atoms with E-state index in [9.17, 15) is 44.7 Å². The molecule has 20 heteroatoms. The molecule has 0 aliphatic heterocycles. The van der Waals surface area contributed by atoms with Crippen molar-refractivity contribution in [3.8, 4) is 5.75 Å². The van der Waals surface area contributed by atoms with E-state index in [-0.39, 0.29) is 48.7 Å². The lowest BCUT2D eigenvalue weighted by atomic mass is 10.2. The second-order valence-electron chi connectivity index (χ2n) is 9.26. The van der Waals surface area contributed by atoms with Crippen molar-refractivity contribution in [1.29, 1.82) is 0 Å². The van der Waals surface area contributed by atoms with Crippen LogP contribution in [0.3, 0.4) is 0 Å². The van der Waals surface area contributed by atoms with Crippen molar-refractivity contribution in [3.05, 3.63) is 82.9 Å². The summed E-state index contributed by atoms with van der Waals surface area (Å²) in [5.74, 6) is -3.14. The number of ether oxygens (including phenoxy) is 1. The van der Waals surface area contributed by atoms with Crippen LogP contribution >= 0.6 is 0 Å². The first-order valence-electron chi connectivity index (χ1n) is 12.7. The number of hydrogen-bond donors (Lipinski definition) is 2. The van der Waals surface area contributed by atoms with Gasteiger partial charge in [-0.25, -0.2) is 18.4 Å². The average Bonchev–Trinajstić information content (AvgIpc) is 3.64. The highest BCUT2D eigenvalue weighted by Gasteiger charge is 2.33. The van der Waals surface area contributed by atoms with Gasteiger partial charge in [0.2, 0.25) is 0 Å². The molecule has 0 fully saturated rings. The van der Waals surface area contributed by atoms with Crippen LogP contribution < -0.4 is 15.4 Å². The lowest BCUT2D eigenvalue weighted by Crippen LogP contribution is -2.24. The van der Waals surface area contributed by atoms with Gasteiger partial charge in [-0.1, -0.05) is 16.5 Å². The van der Waals surface area contributed by atoms with Crippen LogP contribution in [-0.2, 0) is 32.4 Å². The van der Waals surface area contributed by atoms with Crippen LogP contribution in [0, 0.1) is 5.82 Å². The van der Waals surface area contributed by atoms with E-state index in [4.69, 9.17) is 0 Å². The molecule has 0 bridgehead atoms. The smallest absolute Gasteiger partial charge is 0.406 e. The Bertz CT molecular complexity index is 1640. The van der Waals surface area contributed by atoms with Crippen LogP contribution in [0.25, 0.3) is 0 Å². The van der Waals surface area contributed by atoms with E-state index in [0.29, 0.717) is 0 Å². The predicted molar refractivity (Wildman–Crippen MR) is 134 cm³/mol. The molecule has 0 aliphatic rings. The second-order valence-corrected chi connectivity index (χ2v) is 9.26. The van der Waals surface area contributed by atoms with Crippen molar-refractivity contribution in [2.24, 2.45) is 0 Å². The summed E-state index contributed by atoms with van der Waals surface area (Å²) in [5, 5.41) is 19.3. The Kier molecular flexibility index (Phi) is 9.92. The lowest BCUT2D eigenvalue weighted by Gasteiger charge is -2.11. The maximum Gasteiger partial charge on any atom is 0.573 e. The fourth-order valence-corrected chi connectivity index (χ4v) is 3.72. The Hall–Kier alpha value is -5.17. The molecule has 45 heavy (non-hydrogen) atoms. The molecule has 2 N–H and O–H groups in total. The molecule has 1 aromatic carbocycles. The maximum absolute atomic E-state index is 14.6. The standard InChI is InChI=1S/C25H21F8N9O3/c26-15(11-42-13-20(38-40-42)23(44)35-10-16-2-1-3-21(36-16)24(28,29)30)6-7-41-12-19(37-39-41)22(43)34-9-14-8-17(4-5-18(14)27)45-25(31,32)33/h1-5,8,12-13,15H,6-7,9-11H2,(H,34,43)(H,35,44). The Labute approximate surface area is 247 Å². The highest BCUT2D eigenvalue weighted by atomic mass is 19.4. The van der Waals surface area contributed by atoms with Gasteiger partial charge < -0.3 is 15.4 Å². The van der Waals surface area contributed by atoms with E-state index in [2.05, 4.69) is 41.0 Å². The highest BCUT2D eigenvalue weighted by Crippen LogP contribution is 2.27. The molecule has 0 radical (unpaired) electrons.